The highest BCUT2D eigenvalue weighted by atomic mass is 35.5. The summed E-state index contributed by atoms with van der Waals surface area (Å²) in [6.07, 6.45) is 6.81. The van der Waals surface area contributed by atoms with Crippen LogP contribution >= 0.6 is 0 Å². The monoisotopic (exact) mass is 375 g/mol. The van der Waals surface area contributed by atoms with Gasteiger partial charge in [-0.15, -0.1) is 0 Å². The molecular weight excluding hydrogens is 344 g/mol. The van der Waals surface area contributed by atoms with Gasteiger partial charge >= 0.3 is 0 Å². The first kappa shape index (κ1) is 20.8. The van der Waals surface area contributed by atoms with E-state index in [0.29, 0.717) is 5.75 Å². The molecule has 3 rings (SSSR count). The highest BCUT2D eigenvalue weighted by molar-refractivity contribution is 5.66. The highest BCUT2D eigenvalue weighted by Gasteiger charge is 2.27. The summed E-state index contributed by atoms with van der Waals surface area (Å²) < 4.78 is 2.39. The molecule has 26 heavy (non-hydrogen) atoms. The number of nitrogens with zero attached hydrogens (tertiary/aromatic N) is 2. The molecule has 1 N–H and O–H groups in total. The van der Waals surface area contributed by atoms with Gasteiger partial charge in [0.05, 0.1) is 11.9 Å². The predicted octanol–water partition coefficient (Wildman–Crippen LogP) is 2.58. The lowest BCUT2D eigenvalue weighted by Gasteiger charge is -2.28. The molecule has 1 aromatic carbocycles. The molecule has 3 nitrogen and oxygen atoms in total. The molecule has 2 aromatic rings. The predicted molar refractivity (Wildman–Crippen MR) is 104 cm³/mol. The molecule has 0 aliphatic carbocycles. The number of aryl methyl sites for hydroxylation is 1. The molecule has 0 spiro atoms. The summed E-state index contributed by atoms with van der Waals surface area (Å²) in [5.41, 5.74) is 4.17. The lowest BCUT2D eigenvalue weighted by atomic mass is 9.78. The number of phenols is 1. The zero-order valence-electron chi connectivity index (χ0n) is 17.0. The minimum Gasteiger partial charge on any atom is -1.00 e. The van der Waals surface area contributed by atoms with E-state index >= 15 is 0 Å². The van der Waals surface area contributed by atoms with Gasteiger partial charge < -0.3 is 22.1 Å². The lowest BCUT2D eigenvalue weighted by molar-refractivity contribution is -0.00000741. The lowest BCUT2D eigenvalue weighted by Crippen LogP contribution is -3.00. The molecule has 0 radical (unpaired) electrons. The van der Waals surface area contributed by atoms with Crippen LogP contribution in [0.2, 0.25) is 0 Å². The number of imidazole rings is 1. The number of halogens is 1. The fourth-order valence-electron chi connectivity index (χ4n) is 3.75. The fourth-order valence-corrected chi connectivity index (χ4v) is 3.75. The molecule has 1 aromatic heterocycles. The summed E-state index contributed by atoms with van der Waals surface area (Å²) in [6, 6.07) is 4.33. The molecule has 144 valence electrons. The molecule has 0 saturated heterocycles. The number of aromatic nitrogens is 2. The van der Waals surface area contributed by atoms with E-state index in [9.17, 15) is 5.11 Å². The maximum absolute atomic E-state index is 10.9. The first-order chi connectivity index (χ1) is 11.6. The van der Waals surface area contributed by atoms with Crippen LogP contribution in [-0.2, 0) is 23.8 Å². The largest absolute Gasteiger partial charge is 1.00 e. The van der Waals surface area contributed by atoms with E-state index in [1.807, 2.05) is 6.20 Å². The van der Waals surface area contributed by atoms with Crippen molar-refractivity contribution >= 4 is 0 Å². The number of hydrogen-bond donors (Lipinski definition) is 1. The van der Waals surface area contributed by atoms with E-state index in [2.05, 4.69) is 58.2 Å². The quantitative estimate of drug-likeness (QED) is 0.831. The van der Waals surface area contributed by atoms with E-state index in [1.54, 1.807) is 0 Å². The van der Waals surface area contributed by atoms with E-state index in [-0.39, 0.29) is 23.2 Å². The second-order valence-electron chi connectivity index (χ2n) is 9.44. The summed E-state index contributed by atoms with van der Waals surface area (Å²) in [4.78, 5) is 4.70. The van der Waals surface area contributed by atoms with Crippen LogP contribution in [0, 0.1) is 0 Å². The van der Waals surface area contributed by atoms with E-state index in [1.165, 1.54) is 36.3 Å². The number of rotatable bonds is 1. The van der Waals surface area contributed by atoms with Crippen LogP contribution < -0.4 is 12.4 Å². The van der Waals surface area contributed by atoms with Gasteiger partial charge in [-0.25, -0.2) is 4.98 Å². The van der Waals surface area contributed by atoms with Crippen molar-refractivity contribution < 1.29 is 17.5 Å². The Morgan fingerprint density at radius 1 is 0.923 bits per heavy atom. The fraction of sp³-hybridized carbons (Fsp3) is 0.591. The minimum absolute atomic E-state index is 0. The van der Waals surface area contributed by atoms with Gasteiger partial charge in [0.25, 0.3) is 0 Å². The van der Waals surface area contributed by atoms with Crippen LogP contribution in [0.15, 0.2) is 18.3 Å². The molecule has 0 fully saturated rings. The van der Waals surface area contributed by atoms with Gasteiger partial charge in [-0.3, -0.25) is 0 Å². The Kier molecular flexibility index (Phi) is 5.82. The van der Waals surface area contributed by atoms with Crippen LogP contribution in [0.5, 0.6) is 5.75 Å². The third kappa shape index (κ3) is 3.93. The molecule has 0 amide bonds. The third-order valence-corrected chi connectivity index (χ3v) is 5.24. The second-order valence-corrected chi connectivity index (χ2v) is 9.44. The van der Waals surface area contributed by atoms with Crippen LogP contribution in [0.1, 0.15) is 77.8 Å². The molecule has 2 heterocycles. The van der Waals surface area contributed by atoms with Crippen molar-refractivity contribution in [1.29, 1.82) is 0 Å². The molecule has 0 bridgehead atoms. The topological polar surface area (TPSA) is 38.0 Å². The Hall–Kier alpha value is -1.48. The summed E-state index contributed by atoms with van der Waals surface area (Å²) in [5.74, 6) is 1.65. The van der Waals surface area contributed by atoms with E-state index < -0.39 is 0 Å². The zero-order chi connectivity index (χ0) is 18.4. The third-order valence-electron chi connectivity index (χ3n) is 5.24. The van der Waals surface area contributed by atoms with E-state index in [4.69, 9.17) is 4.98 Å². The Labute approximate surface area is 164 Å². The average Bonchev–Trinajstić information content (AvgIpc) is 2.74. The van der Waals surface area contributed by atoms with Gasteiger partial charge in [0.15, 0.2) is 0 Å². The van der Waals surface area contributed by atoms with Crippen molar-refractivity contribution in [3.8, 4) is 17.0 Å². The molecule has 4 heteroatoms. The van der Waals surface area contributed by atoms with Gasteiger partial charge in [-0.1, -0.05) is 48.0 Å². The van der Waals surface area contributed by atoms with Crippen molar-refractivity contribution in [3.05, 3.63) is 35.3 Å². The number of phenolic OH excluding ortho intramolecular Hbond substituents is 1. The number of benzene rings is 1. The Bertz CT molecular complexity index is 743. The minimum atomic E-state index is -0.109. The number of hydrogen-bond acceptors (Lipinski definition) is 2. The van der Waals surface area contributed by atoms with Crippen molar-refractivity contribution in [2.75, 3.05) is 0 Å². The van der Waals surface area contributed by atoms with Gasteiger partial charge in [0, 0.05) is 29.7 Å². The molecule has 1 aliphatic rings. The number of fused-ring (bicyclic) bond motifs is 1. The highest BCUT2D eigenvalue weighted by Crippen LogP contribution is 2.42. The zero-order valence-corrected chi connectivity index (χ0v) is 17.7. The standard InChI is InChI=1S/C22H32N2O.ClH/c1-21(2,3)16-12-15(13-17(20(16)25)22(4,5)6)18-14-23-19-10-8-7-9-11-24(18)19;/h12-14,25H,7-11H2,1-6H3;1H/p-1. The van der Waals surface area contributed by atoms with Crippen LogP contribution in [0.4, 0.5) is 0 Å². The Morgan fingerprint density at radius 2 is 1.50 bits per heavy atom. The summed E-state index contributed by atoms with van der Waals surface area (Å²) in [6.45, 7) is 14.0. The molecule has 1 aliphatic heterocycles. The Morgan fingerprint density at radius 3 is 2.04 bits per heavy atom. The first-order valence-corrected chi connectivity index (χ1v) is 9.52. The van der Waals surface area contributed by atoms with Gasteiger partial charge in [0.1, 0.15) is 11.6 Å². The van der Waals surface area contributed by atoms with Crippen LogP contribution in [0.3, 0.4) is 0 Å². The van der Waals surface area contributed by atoms with Gasteiger partial charge in [-0.2, -0.15) is 0 Å². The Balaban J connectivity index is 0.00000243. The molecule has 0 unspecified atom stereocenters. The molecule has 0 atom stereocenters. The number of aromatic hydroxyl groups is 1. The van der Waals surface area contributed by atoms with Gasteiger partial charge in [-0.05, 0) is 35.8 Å². The average molecular weight is 376 g/mol. The SMILES string of the molecule is CC(C)(C)c1cc(-c2cnc3n2CCCCC3)cc(C(C)(C)C)c1O.[Cl-]. The maximum atomic E-state index is 10.9. The van der Waals surface area contributed by atoms with Crippen molar-refractivity contribution in [2.24, 2.45) is 0 Å². The first-order valence-electron chi connectivity index (χ1n) is 9.52. The van der Waals surface area contributed by atoms with Crippen molar-refractivity contribution in [1.82, 2.24) is 9.55 Å². The smallest absolute Gasteiger partial charge is 0.123 e. The van der Waals surface area contributed by atoms with Crippen molar-refractivity contribution in [3.63, 3.8) is 0 Å². The van der Waals surface area contributed by atoms with E-state index in [0.717, 1.165) is 24.1 Å². The summed E-state index contributed by atoms with van der Waals surface area (Å²) >= 11 is 0. The normalized spacial score (nSPS) is 15.2. The molecule has 0 saturated carbocycles. The summed E-state index contributed by atoms with van der Waals surface area (Å²) in [7, 11) is 0. The van der Waals surface area contributed by atoms with Crippen LogP contribution in [-0.4, -0.2) is 14.7 Å². The molecular formula is C22H32ClN2O-. The van der Waals surface area contributed by atoms with Gasteiger partial charge in [0.2, 0.25) is 0 Å². The maximum Gasteiger partial charge on any atom is 0.123 e. The summed E-state index contributed by atoms with van der Waals surface area (Å²) in [5, 5.41) is 10.9. The van der Waals surface area contributed by atoms with Crippen LogP contribution in [0.25, 0.3) is 11.3 Å². The second kappa shape index (κ2) is 7.26. The van der Waals surface area contributed by atoms with Crippen molar-refractivity contribution in [2.45, 2.75) is 84.6 Å².